The number of nitrogens with one attached hydrogen (secondary N) is 1. The highest BCUT2D eigenvalue weighted by molar-refractivity contribution is 5.77. The smallest absolute Gasteiger partial charge is 0.236 e. The molecule has 4 nitrogen and oxygen atoms in total. The van der Waals surface area contributed by atoms with Gasteiger partial charge in [-0.2, -0.15) is 0 Å². The predicted octanol–water partition coefficient (Wildman–Crippen LogP) is -0.173. The molecule has 0 aliphatic carbocycles. The number of aliphatic hydroxyl groups is 1. The monoisotopic (exact) mass is 188 g/mol. The molecule has 0 aliphatic rings. The second-order valence-corrected chi connectivity index (χ2v) is 3.02. The van der Waals surface area contributed by atoms with Gasteiger partial charge in [0.1, 0.15) is 0 Å². The van der Waals surface area contributed by atoms with Crippen molar-refractivity contribution < 1.29 is 9.90 Å². The van der Waals surface area contributed by atoms with Gasteiger partial charge >= 0.3 is 0 Å². The largest absolute Gasteiger partial charge is 0.396 e. The van der Waals surface area contributed by atoms with Gasteiger partial charge in [0, 0.05) is 20.2 Å². The molecule has 4 heteroatoms. The maximum atomic E-state index is 11.2. The van der Waals surface area contributed by atoms with Crippen LogP contribution in [0.1, 0.15) is 19.8 Å². The molecule has 0 unspecified atom stereocenters. The molecule has 78 valence electrons. The molecule has 0 rings (SSSR count). The lowest BCUT2D eigenvalue weighted by atomic mass is 10.3. The van der Waals surface area contributed by atoms with Crippen molar-refractivity contribution in [3.8, 4) is 0 Å². The molecule has 0 aromatic heterocycles. The van der Waals surface area contributed by atoms with Crippen LogP contribution in [0.5, 0.6) is 0 Å². The fourth-order valence-corrected chi connectivity index (χ4v) is 0.868. The Balaban J connectivity index is 3.27. The molecular formula is C9H20N2O2. The third-order valence-electron chi connectivity index (χ3n) is 1.94. The second-order valence-electron chi connectivity index (χ2n) is 3.02. The Labute approximate surface area is 79.9 Å². The highest BCUT2D eigenvalue weighted by Crippen LogP contribution is 1.85. The lowest BCUT2D eigenvalue weighted by Gasteiger charge is -2.14. The van der Waals surface area contributed by atoms with E-state index in [1.54, 1.807) is 11.9 Å². The summed E-state index contributed by atoms with van der Waals surface area (Å²) in [4.78, 5) is 12.9. The quantitative estimate of drug-likeness (QED) is 0.545. The molecule has 0 atom stereocenters. The van der Waals surface area contributed by atoms with Gasteiger partial charge in [0.25, 0.3) is 0 Å². The summed E-state index contributed by atoms with van der Waals surface area (Å²) in [5.41, 5.74) is 0. The van der Waals surface area contributed by atoms with E-state index in [0.717, 1.165) is 25.9 Å². The van der Waals surface area contributed by atoms with Crippen LogP contribution in [0.15, 0.2) is 0 Å². The van der Waals surface area contributed by atoms with E-state index in [1.165, 1.54) is 0 Å². The van der Waals surface area contributed by atoms with Crippen LogP contribution in [-0.4, -0.2) is 49.2 Å². The summed E-state index contributed by atoms with van der Waals surface area (Å²) in [6.45, 7) is 4.12. The van der Waals surface area contributed by atoms with E-state index in [1.807, 2.05) is 6.92 Å². The number of carbonyl (C=O) groups excluding carboxylic acids is 1. The van der Waals surface area contributed by atoms with Crippen LogP contribution in [0, 0.1) is 0 Å². The average molecular weight is 188 g/mol. The van der Waals surface area contributed by atoms with E-state index < -0.39 is 0 Å². The number of unbranched alkanes of at least 4 members (excludes halogenated alkanes) is 1. The molecule has 1 amide bonds. The van der Waals surface area contributed by atoms with E-state index in [9.17, 15) is 4.79 Å². The highest BCUT2D eigenvalue weighted by Gasteiger charge is 2.04. The molecule has 0 bridgehead atoms. The first-order valence-electron chi connectivity index (χ1n) is 4.78. The number of hydrogen-bond acceptors (Lipinski definition) is 3. The standard InChI is InChI=1S/C9H20N2O2/c1-3-11(2)9(13)8-10-6-4-5-7-12/h10,12H,3-8H2,1-2H3. The zero-order chi connectivity index (χ0) is 10.1. The van der Waals surface area contributed by atoms with Crippen LogP contribution in [0.25, 0.3) is 0 Å². The minimum absolute atomic E-state index is 0.117. The minimum Gasteiger partial charge on any atom is -0.396 e. The zero-order valence-electron chi connectivity index (χ0n) is 8.55. The van der Waals surface area contributed by atoms with Crippen molar-refractivity contribution in [3.05, 3.63) is 0 Å². The molecule has 13 heavy (non-hydrogen) atoms. The van der Waals surface area contributed by atoms with Gasteiger partial charge in [-0.05, 0) is 26.3 Å². The van der Waals surface area contributed by atoms with Gasteiger partial charge in [0.05, 0.1) is 6.54 Å². The Kier molecular flexibility index (Phi) is 7.63. The molecule has 0 heterocycles. The lowest BCUT2D eigenvalue weighted by Crippen LogP contribution is -2.35. The summed E-state index contributed by atoms with van der Waals surface area (Å²) in [7, 11) is 1.79. The zero-order valence-corrected chi connectivity index (χ0v) is 8.55. The third kappa shape index (κ3) is 6.54. The molecule has 0 aromatic carbocycles. The topological polar surface area (TPSA) is 52.6 Å². The first-order chi connectivity index (χ1) is 6.22. The van der Waals surface area contributed by atoms with Crippen molar-refractivity contribution in [3.63, 3.8) is 0 Å². The summed E-state index contributed by atoms with van der Waals surface area (Å²) >= 11 is 0. The van der Waals surface area contributed by atoms with Gasteiger partial charge in [0.2, 0.25) is 5.91 Å². The molecule has 0 aliphatic heterocycles. The first-order valence-corrected chi connectivity index (χ1v) is 4.78. The van der Waals surface area contributed by atoms with Crippen LogP contribution in [0.2, 0.25) is 0 Å². The molecule has 0 aromatic rings. The van der Waals surface area contributed by atoms with Crippen molar-refractivity contribution in [2.45, 2.75) is 19.8 Å². The Morgan fingerprint density at radius 3 is 2.69 bits per heavy atom. The summed E-state index contributed by atoms with van der Waals surface area (Å²) in [6.07, 6.45) is 1.71. The molecular weight excluding hydrogens is 168 g/mol. The number of aliphatic hydroxyl groups excluding tert-OH is 1. The van der Waals surface area contributed by atoms with E-state index in [4.69, 9.17) is 5.11 Å². The van der Waals surface area contributed by atoms with E-state index in [0.29, 0.717) is 6.54 Å². The van der Waals surface area contributed by atoms with Crippen LogP contribution in [-0.2, 0) is 4.79 Å². The van der Waals surface area contributed by atoms with Crippen molar-refractivity contribution in [2.24, 2.45) is 0 Å². The number of nitrogens with zero attached hydrogens (tertiary/aromatic N) is 1. The third-order valence-corrected chi connectivity index (χ3v) is 1.94. The van der Waals surface area contributed by atoms with Gasteiger partial charge in [-0.1, -0.05) is 0 Å². The average Bonchev–Trinajstić information content (AvgIpc) is 2.16. The maximum absolute atomic E-state index is 11.2. The highest BCUT2D eigenvalue weighted by atomic mass is 16.2. The van der Waals surface area contributed by atoms with E-state index in [-0.39, 0.29) is 12.5 Å². The number of carbonyl (C=O) groups is 1. The van der Waals surface area contributed by atoms with Crippen LogP contribution >= 0.6 is 0 Å². The number of likely N-dealkylation sites (N-methyl/N-ethyl adjacent to an activating group) is 1. The lowest BCUT2D eigenvalue weighted by molar-refractivity contribution is -0.128. The Bertz CT molecular complexity index is 140. The van der Waals surface area contributed by atoms with Crippen LogP contribution in [0.3, 0.4) is 0 Å². The van der Waals surface area contributed by atoms with Crippen molar-refractivity contribution >= 4 is 5.91 Å². The summed E-state index contributed by atoms with van der Waals surface area (Å²) in [6, 6.07) is 0. The Morgan fingerprint density at radius 1 is 1.46 bits per heavy atom. The molecule has 0 spiro atoms. The van der Waals surface area contributed by atoms with Gasteiger partial charge < -0.3 is 15.3 Å². The normalized spacial score (nSPS) is 10.1. The van der Waals surface area contributed by atoms with E-state index >= 15 is 0 Å². The van der Waals surface area contributed by atoms with Gasteiger partial charge in [-0.3, -0.25) is 4.79 Å². The van der Waals surface area contributed by atoms with Crippen molar-refractivity contribution in [1.29, 1.82) is 0 Å². The number of amides is 1. The predicted molar refractivity (Wildman–Crippen MR) is 52.5 cm³/mol. The van der Waals surface area contributed by atoms with Crippen molar-refractivity contribution in [1.82, 2.24) is 10.2 Å². The molecule has 0 fully saturated rings. The summed E-state index contributed by atoms with van der Waals surface area (Å²) in [5, 5.41) is 11.5. The first kappa shape index (κ1) is 12.4. The Hall–Kier alpha value is -0.610. The molecule has 2 N–H and O–H groups in total. The number of rotatable bonds is 7. The number of hydrogen-bond donors (Lipinski definition) is 2. The fraction of sp³-hybridized carbons (Fsp3) is 0.889. The SMILES string of the molecule is CCN(C)C(=O)CNCCCCO. The fourth-order valence-electron chi connectivity index (χ4n) is 0.868. The molecule has 0 saturated heterocycles. The summed E-state index contributed by atoms with van der Waals surface area (Å²) < 4.78 is 0. The van der Waals surface area contributed by atoms with Gasteiger partial charge in [-0.25, -0.2) is 0 Å². The van der Waals surface area contributed by atoms with Crippen LogP contribution in [0.4, 0.5) is 0 Å². The Morgan fingerprint density at radius 2 is 2.15 bits per heavy atom. The molecule has 0 radical (unpaired) electrons. The summed E-state index contributed by atoms with van der Waals surface area (Å²) in [5.74, 6) is 0.117. The minimum atomic E-state index is 0.117. The van der Waals surface area contributed by atoms with Gasteiger partial charge in [0.15, 0.2) is 0 Å². The maximum Gasteiger partial charge on any atom is 0.236 e. The van der Waals surface area contributed by atoms with Crippen molar-refractivity contribution in [2.75, 3.05) is 33.3 Å². The second kappa shape index (κ2) is 8.01. The molecule has 0 saturated carbocycles. The van der Waals surface area contributed by atoms with E-state index in [2.05, 4.69) is 5.32 Å². The van der Waals surface area contributed by atoms with Gasteiger partial charge in [-0.15, -0.1) is 0 Å². The van der Waals surface area contributed by atoms with Crippen LogP contribution < -0.4 is 5.32 Å².